The van der Waals surface area contributed by atoms with Gasteiger partial charge in [0.05, 0.1) is 10.0 Å². The molecule has 1 aromatic carbocycles. The molecular weight excluding hydrogens is 297 g/mol. The van der Waals surface area contributed by atoms with Gasteiger partial charge in [0.1, 0.15) is 5.82 Å². The van der Waals surface area contributed by atoms with Gasteiger partial charge in [0.15, 0.2) is 5.78 Å². The zero-order chi connectivity index (χ0) is 13.2. The number of nitrogens with one attached hydrogen (secondary N) is 1. The smallest absolute Gasteiger partial charge is 0.156 e. The van der Waals surface area contributed by atoms with E-state index in [0.29, 0.717) is 10.0 Å². The molecule has 1 aromatic rings. The Balaban J connectivity index is 2.13. The second kappa shape index (κ2) is 5.49. The summed E-state index contributed by atoms with van der Waals surface area (Å²) in [5.74, 6) is -0.185. The maximum Gasteiger partial charge on any atom is 0.156 e. The van der Waals surface area contributed by atoms with Gasteiger partial charge in [0.2, 0.25) is 0 Å². The van der Waals surface area contributed by atoms with Crippen LogP contribution in [0.15, 0.2) is 22.7 Å². The number of carbonyl (C=O) groups excluding carboxylic acids is 1. The summed E-state index contributed by atoms with van der Waals surface area (Å²) >= 11 is 3.20. The van der Waals surface area contributed by atoms with E-state index in [1.54, 1.807) is 12.1 Å². The van der Waals surface area contributed by atoms with Crippen molar-refractivity contribution in [2.75, 3.05) is 6.54 Å². The first-order valence-corrected chi connectivity index (χ1v) is 7.03. The Kier molecular flexibility index (Phi) is 4.17. The summed E-state index contributed by atoms with van der Waals surface area (Å²) in [6, 6.07) is 4.81. The van der Waals surface area contributed by atoms with E-state index in [2.05, 4.69) is 21.2 Å². The van der Waals surface area contributed by atoms with Crippen LogP contribution < -0.4 is 5.32 Å². The van der Waals surface area contributed by atoms with Crippen molar-refractivity contribution < 1.29 is 9.18 Å². The lowest BCUT2D eigenvalue weighted by Gasteiger charge is -2.33. The molecule has 1 aliphatic rings. The molecule has 0 radical (unpaired) electrons. The lowest BCUT2D eigenvalue weighted by molar-refractivity contribution is -0.125. The van der Waals surface area contributed by atoms with Crippen LogP contribution in [0.4, 0.5) is 4.39 Å². The molecule has 2 rings (SSSR count). The van der Waals surface area contributed by atoms with Crippen LogP contribution in [0.2, 0.25) is 0 Å². The third-order valence-corrected chi connectivity index (χ3v) is 4.50. The molecule has 0 amide bonds. The van der Waals surface area contributed by atoms with E-state index in [1.165, 1.54) is 6.07 Å². The van der Waals surface area contributed by atoms with Gasteiger partial charge in [-0.15, -0.1) is 0 Å². The zero-order valence-corrected chi connectivity index (χ0v) is 12.0. The van der Waals surface area contributed by atoms with E-state index in [-0.39, 0.29) is 18.0 Å². The van der Waals surface area contributed by atoms with Crippen molar-refractivity contribution in [3.8, 4) is 0 Å². The van der Waals surface area contributed by atoms with Crippen molar-refractivity contribution in [3.05, 3.63) is 34.1 Å². The average Bonchev–Trinajstić information content (AvgIpc) is 2.36. The van der Waals surface area contributed by atoms with Crippen LogP contribution in [-0.2, 0) is 11.2 Å². The Morgan fingerprint density at radius 3 is 2.94 bits per heavy atom. The normalized spacial score (nSPS) is 23.9. The van der Waals surface area contributed by atoms with Crippen molar-refractivity contribution in [3.63, 3.8) is 0 Å². The van der Waals surface area contributed by atoms with Gasteiger partial charge in [-0.05, 0) is 60.3 Å². The maximum absolute atomic E-state index is 13.4. The maximum atomic E-state index is 13.4. The first-order chi connectivity index (χ1) is 8.53. The summed E-state index contributed by atoms with van der Waals surface area (Å²) in [6.45, 7) is 2.83. The van der Waals surface area contributed by atoms with Crippen molar-refractivity contribution in [2.24, 2.45) is 0 Å². The minimum atomic E-state index is -0.454. The number of halogens is 2. The van der Waals surface area contributed by atoms with Crippen LogP contribution >= 0.6 is 15.9 Å². The molecule has 1 fully saturated rings. The first-order valence-electron chi connectivity index (χ1n) is 6.24. The second-order valence-electron chi connectivity index (χ2n) is 5.03. The fourth-order valence-corrected chi connectivity index (χ4v) is 2.75. The molecule has 1 aliphatic heterocycles. The van der Waals surface area contributed by atoms with Crippen molar-refractivity contribution in [1.29, 1.82) is 0 Å². The van der Waals surface area contributed by atoms with Gasteiger partial charge in [-0.1, -0.05) is 12.1 Å². The van der Waals surface area contributed by atoms with Crippen molar-refractivity contribution in [2.45, 2.75) is 38.1 Å². The molecule has 1 N–H and O–H groups in total. The van der Waals surface area contributed by atoms with Crippen LogP contribution in [0.5, 0.6) is 0 Å². The minimum Gasteiger partial charge on any atom is -0.305 e. The summed E-state index contributed by atoms with van der Waals surface area (Å²) in [5, 5.41) is 3.29. The van der Waals surface area contributed by atoms with Crippen LogP contribution in [-0.4, -0.2) is 17.9 Å². The average molecular weight is 314 g/mol. The molecular formula is C14H17BrFNO. The highest BCUT2D eigenvalue weighted by Crippen LogP contribution is 2.25. The lowest BCUT2D eigenvalue weighted by Crippen LogP contribution is -2.52. The van der Waals surface area contributed by atoms with Gasteiger partial charge in [-0.2, -0.15) is 0 Å². The fourth-order valence-electron chi connectivity index (χ4n) is 2.35. The van der Waals surface area contributed by atoms with Crippen LogP contribution in [0.1, 0.15) is 31.7 Å². The lowest BCUT2D eigenvalue weighted by atomic mass is 9.84. The molecule has 0 spiro atoms. The zero-order valence-electron chi connectivity index (χ0n) is 10.4. The summed E-state index contributed by atoms with van der Waals surface area (Å²) in [5.41, 5.74) is 0.262. The van der Waals surface area contributed by atoms with Crippen LogP contribution in [0, 0.1) is 5.82 Å². The molecule has 1 heterocycles. The molecule has 1 atom stereocenters. The predicted octanol–water partition coefficient (Wildman–Crippen LogP) is 3.23. The molecule has 0 aliphatic carbocycles. The number of carbonyl (C=O) groups is 1. The van der Waals surface area contributed by atoms with Crippen LogP contribution in [0.3, 0.4) is 0 Å². The van der Waals surface area contributed by atoms with E-state index in [4.69, 9.17) is 0 Å². The SMILES string of the molecule is CC1(C(=O)Cc2cccc(F)c2Br)CCCCN1. The van der Waals surface area contributed by atoms with E-state index in [1.807, 2.05) is 6.92 Å². The van der Waals surface area contributed by atoms with Gasteiger partial charge in [0, 0.05) is 6.42 Å². The molecule has 98 valence electrons. The summed E-state index contributed by atoms with van der Waals surface area (Å²) in [4.78, 5) is 12.3. The largest absolute Gasteiger partial charge is 0.305 e. The van der Waals surface area contributed by atoms with Gasteiger partial charge in [-0.25, -0.2) is 4.39 Å². The second-order valence-corrected chi connectivity index (χ2v) is 5.82. The molecule has 2 nitrogen and oxygen atoms in total. The Bertz CT molecular complexity index is 455. The Morgan fingerprint density at radius 2 is 2.28 bits per heavy atom. The highest BCUT2D eigenvalue weighted by Gasteiger charge is 2.33. The number of benzene rings is 1. The summed E-state index contributed by atoms with van der Waals surface area (Å²) in [7, 11) is 0. The molecule has 0 aromatic heterocycles. The third-order valence-electron chi connectivity index (χ3n) is 3.62. The predicted molar refractivity (Wildman–Crippen MR) is 73.1 cm³/mol. The number of rotatable bonds is 3. The summed E-state index contributed by atoms with van der Waals surface area (Å²) < 4.78 is 13.8. The van der Waals surface area contributed by atoms with Crippen molar-refractivity contribution in [1.82, 2.24) is 5.32 Å². The molecule has 18 heavy (non-hydrogen) atoms. The highest BCUT2D eigenvalue weighted by atomic mass is 79.9. The van der Waals surface area contributed by atoms with Gasteiger partial charge in [0.25, 0.3) is 0 Å². The first kappa shape index (κ1) is 13.7. The quantitative estimate of drug-likeness (QED) is 0.928. The van der Waals surface area contributed by atoms with Gasteiger partial charge in [-0.3, -0.25) is 4.79 Å². The monoisotopic (exact) mass is 313 g/mol. The molecule has 0 bridgehead atoms. The molecule has 1 unspecified atom stereocenters. The highest BCUT2D eigenvalue weighted by molar-refractivity contribution is 9.10. The number of Topliss-reactive ketones (excluding diaryl/α,β-unsaturated/α-hetero) is 1. The molecule has 4 heteroatoms. The van der Waals surface area contributed by atoms with Crippen molar-refractivity contribution >= 4 is 21.7 Å². The number of ketones is 1. The number of piperidine rings is 1. The number of hydrogen-bond donors (Lipinski definition) is 1. The van der Waals surface area contributed by atoms with Gasteiger partial charge < -0.3 is 5.32 Å². The van der Waals surface area contributed by atoms with E-state index < -0.39 is 5.54 Å². The van der Waals surface area contributed by atoms with Gasteiger partial charge >= 0.3 is 0 Å². The summed E-state index contributed by atoms with van der Waals surface area (Å²) in [6.07, 6.45) is 3.31. The van der Waals surface area contributed by atoms with E-state index in [0.717, 1.165) is 25.8 Å². The molecule has 1 saturated heterocycles. The molecule has 0 saturated carbocycles. The fraction of sp³-hybridized carbons (Fsp3) is 0.500. The van der Waals surface area contributed by atoms with Crippen LogP contribution in [0.25, 0.3) is 0 Å². The number of hydrogen-bond acceptors (Lipinski definition) is 2. The Hall–Kier alpha value is -0.740. The van der Waals surface area contributed by atoms with E-state index >= 15 is 0 Å². The topological polar surface area (TPSA) is 29.1 Å². The Labute approximate surface area is 115 Å². The Morgan fingerprint density at radius 1 is 1.50 bits per heavy atom. The minimum absolute atomic E-state index is 0.133. The van der Waals surface area contributed by atoms with E-state index in [9.17, 15) is 9.18 Å². The standard InChI is InChI=1S/C14H17BrFNO/c1-14(7-2-3-8-17-14)12(18)9-10-5-4-6-11(16)13(10)15/h4-6,17H,2-3,7-9H2,1H3. The third kappa shape index (κ3) is 2.81.